The smallest absolute Gasteiger partial charge is 0.353 e. The predicted octanol–water partition coefficient (Wildman–Crippen LogP) is 2.93. The van der Waals surface area contributed by atoms with Crippen LogP contribution in [0.3, 0.4) is 0 Å². The van der Waals surface area contributed by atoms with Crippen LogP contribution in [0.15, 0.2) is 47.3 Å². The second kappa shape index (κ2) is 9.24. The molecule has 2 N–H and O–H groups in total. The molecule has 0 amide bonds. The van der Waals surface area contributed by atoms with Crippen LogP contribution in [0.1, 0.15) is 25.2 Å². The molecule has 1 aromatic carbocycles. The number of hydrogen-bond acceptors (Lipinski definition) is 7. The molecule has 1 aliphatic rings. The summed E-state index contributed by atoms with van der Waals surface area (Å²) in [5.41, 5.74) is 11.6. The van der Waals surface area contributed by atoms with Crippen LogP contribution in [-0.4, -0.2) is 60.9 Å². The molecule has 5 rings (SSSR count). The van der Waals surface area contributed by atoms with E-state index in [1.165, 1.54) is 9.08 Å². The van der Waals surface area contributed by atoms with Crippen molar-refractivity contribution in [1.82, 2.24) is 29.0 Å². The van der Waals surface area contributed by atoms with Gasteiger partial charge in [-0.3, -0.25) is 9.88 Å². The minimum absolute atomic E-state index is 0.120. The van der Waals surface area contributed by atoms with Crippen LogP contribution in [-0.2, 0) is 11.3 Å². The zero-order chi connectivity index (χ0) is 24.7. The molecule has 182 valence electrons. The summed E-state index contributed by atoms with van der Waals surface area (Å²) < 4.78 is 8.75. The van der Waals surface area contributed by atoms with Gasteiger partial charge < -0.3 is 10.5 Å². The number of nitrogens with two attached hydrogens (primary N) is 1. The van der Waals surface area contributed by atoms with Crippen LogP contribution >= 0.6 is 0 Å². The molecule has 1 aliphatic heterocycles. The van der Waals surface area contributed by atoms with E-state index in [0.29, 0.717) is 24.4 Å². The largest absolute Gasteiger partial charge is 0.373 e. The first-order chi connectivity index (χ1) is 16.8. The van der Waals surface area contributed by atoms with Crippen LogP contribution in [0.4, 0.5) is 5.95 Å². The Morgan fingerprint density at radius 2 is 1.63 bits per heavy atom. The van der Waals surface area contributed by atoms with Crippen LogP contribution in [0.25, 0.3) is 28.0 Å². The standard InChI is InChI=1S/C26H31N7O2/c1-16-12-21(13-17(2)28-16)22-23(20-8-6-5-7-9-20)29-25(27)33-24(22)30-32(26(33)34)11-10-31-14-18(3)35-19(4)15-31/h5-9,12-13,18-19H,10-11,14-15H2,1-4H3,(H2,27,29). The lowest BCUT2D eigenvalue weighted by atomic mass is 9.99. The van der Waals surface area contributed by atoms with Gasteiger partial charge in [-0.05, 0) is 45.4 Å². The Morgan fingerprint density at radius 3 is 2.29 bits per heavy atom. The number of morpholine rings is 1. The summed E-state index contributed by atoms with van der Waals surface area (Å²) in [6.07, 6.45) is 0.323. The van der Waals surface area contributed by atoms with Crippen molar-refractivity contribution in [2.24, 2.45) is 0 Å². The van der Waals surface area contributed by atoms with E-state index in [2.05, 4.69) is 23.7 Å². The Kier molecular flexibility index (Phi) is 6.12. The van der Waals surface area contributed by atoms with Gasteiger partial charge in [-0.2, -0.15) is 0 Å². The maximum Gasteiger partial charge on any atom is 0.353 e. The van der Waals surface area contributed by atoms with Gasteiger partial charge in [0.05, 0.1) is 30.0 Å². The summed E-state index contributed by atoms with van der Waals surface area (Å²) in [7, 11) is 0. The summed E-state index contributed by atoms with van der Waals surface area (Å²) in [5, 5.41) is 4.79. The van der Waals surface area contributed by atoms with Gasteiger partial charge in [-0.1, -0.05) is 30.3 Å². The molecule has 35 heavy (non-hydrogen) atoms. The van der Waals surface area contributed by atoms with Crippen LogP contribution in [0, 0.1) is 13.8 Å². The van der Waals surface area contributed by atoms with Crippen molar-refractivity contribution in [3.63, 3.8) is 0 Å². The Labute approximate surface area is 204 Å². The highest BCUT2D eigenvalue weighted by atomic mass is 16.5. The highest BCUT2D eigenvalue weighted by Crippen LogP contribution is 2.34. The molecule has 4 heterocycles. The summed E-state index contributed by atoms with van der Waals surface area (Å²) in [4.78, 5) is 24.9. The van der Waals surface area contributed by atoms with E-state index in [1.54, 1.807) is 0 Å². The van der Waals surface area contributed by atoms with E-state index < -0.39 is 0 Å². The Hall–Kier alpha value is -3.56. The number of benzene rings is 1. The van der Waals surface area contributed by atoms with Crippen molar-refractivity contribution in [3.8, 4) is 22.4 Å². The van der Waals surface area contributed by atoms with Crippen molar-refractivity contribution < 1.29 is 4.74 Å². The normalized spacial score (nSPS) is 18.9. The van der Waals surface area contributed by atoms with Crippen molar-refractivity contribution in [1.29, 1.82) is 0 Å². The van der Waals surface area contributed by atoms with Gasteiger partial charge in [0.15, 0.2) is 5.65 Å². The van der Waals surface area contributed by atoms with E-state index in [-0.39, 0.29) is 23.8 Å². The van der Waals surface area contributed by atoms with Crippen LogP contribution < -0.4 is 11.4 Å². The molecule has 4 aromatic rings. The van der Waals surface area contributed by atoms with E-state index in [9.17, 15) is 4.79 Å². The van der Waals surface area contributed by atoms with E-state index >= 15 is 0 Å². The van der Waals surface area contributed by atoms with E-state index in [1.807, 2.05) is 56.3 Å². The summed E-state index contributed by atoms with van der Waals surface area (Å²) in [5.74, 6) is 0.120. The lowest BCUT2D eigenvalue weighted by molar-refractivity contribution is -0.0687. The van der Waals surface area contributed by atoms with Crippen LogP contribution in [0.2, 0.25) is 0 Å². The van der Waals surface area contributed by atoms with Crippen molar-refractivity contribution in [2.75, 3.05) is 25.4 Å². The zero-order valence-corrected chi connectivity index (χ0v) is 20.6. The first kappa shape index (κ1) is 23.2. The highest BCUT2D eigenvalue weighted by Gasteiger charge is 2.24. The first-order valence-electron chi connectivity index (χ1n) is 12.0. The number of nitrogens with zero attached hydrogens (tertiary/aromatic N) is 6. The van der Waals surface area contributed by atoms with Crippen molar-refractivity contribution in [3.05, 3.63) is 64.3 Å². The molecule has 9 nitrogen and oxygen atoms in total. The topological polar surface area (TPSA) is 104 Å². The SMILES string of the molecule is Cc1cc(-c2c(-c3ccccc3)nc(N)n3c(=O)n(CCN4CC(C)OC(C)C4)nc23)cc(C)n1. The molecular formula is C26H31N7O2. The second-order valence-electron chi connectivity index (χ2n) is 9.38. The van der Waals surface area contributed by atoms with E-state index in [4.69, 9.17) is 20.6 Å². The third kappa shape index (κ3) is 4.56. The lowest BCUT2D eigenvalue weighted by Crippen LogP contribution is -2.46. The van der Waals surface area contributed by atoms with E-state index in [0.717, 1.165) is 41.2 Å². The average Bonchev–Trinajstić information content (AvgIpc) is 3.13. The molecule has 2 unspecified atom stereocenters. The van der Waals surface area contributed by atoms with Gasteiger partial charge in [-0.15, -0.1) is 5.10 Å². The van der Waals surface area contributed by atoms with Crippen molar-refractivity contribution >= 4 is 11.6 Å². The van der Waals surface area contributed by atoms with Gasteiger partial charge in [0.25, 0.3) is 0 Å². The summed E-state index contributed by atoms with van der Waals surface area (Å²) in [6.45, 7) is 10.9. The van der Waals surface area contributed by atoms with Gasteiger partial charge in [-0.25, -0.2) is 18.9 Å². The number of fused-ring (bicyclic) bond motifs is 1. The van der Waals surface area contributed by atoms with Gasteiger partial charge in [0, 0.05) is 36.6 Å². The first-order valence-corrected chi connectivity index (χ1v) is 12.0. The molecule has 0 saturated carbocycles. The number of hydrogen-bond donors (Lipinski definition) is 1. The number of ether oxygens (including phenoxy) is 1. The molecule has 2 atom stereocenters. The molecule has 1 saturated heterocycles. The number of rotatable bonds is 5. The highest BCUT2D eigenvalue weighted by molar-refractivity contribution is 5.90. The number of aryl methyl sites for hydroxylation is 2. The maximum absolute atomic E-state index is 13.4. The fourth-order valence-corrected chi connectivity index (χ4v) is 5.00. The summed E-state index contributed by atoms with van der Waals surface area (Å²) in [6, 6.07) is 13.8. The fourth-order valence-electron chi connectivity index (χ4n) is 5.00. The molecule has 3 aromatic heterocycles. The quantitative estimate of drug-likeness (QED) is 0.475. The van der Waals surface area contributed by atoms with Crippen LogP contribution in [0.5, 0.6) is 0 Å². The monoisotopic (exact) mass is 473 g/mol. The minimum Gasteiger partial charge on any atom is -0.373 e. The average molecular weight is 474 g/mol. The Bertz CT molecular complexity index is 1400. The van der Waals surface area contributed by atoms with Gasteiger partial charge in [0.2, 0.25) is 5.95 Å². The molecule has 9 heteroatoms. The minimum atomic E-state index is -0.289. The molecule has 1 fully saturated rings. The Morgan fingerprint density at radius 1 is 0.971 bits per heavy atom. The number of nitrogen functional groups attached to an aromatic ring is 1. The zero-order valence-electron chi connectivity index (χ0n) is 20.6. The lowest BCUT2D eigenvalue weighted by Gasteiger charge is -2.35. The van der Waals surface area contributed by atoms with Gasteiger partial charge in [0.1, 0.15) is 0 Å². The molecule has 0 aliphatic carbocycles. The predicted molar refractivity (Wildman–Crippen MR) is 136 cm³/mol. The molecule has 0 radical (unpaired) electrons. The number of aromatic nitrogens is 5. The molecule has 0 bridgehead atoms. The molecule has 0 spiro atoms. The Balaban J connectivity index is 1.65. The number of pyridine rings is 1. The number of anilines is 1. The fraction of sp³-hybridized carbons (Fsp3) is 0.385. The van der Waals surface area contributed by atoms with Crippen molar-refractivity contribution in [2.45, 2.75) is 46.4 Å². The third-order valence-electron chi connectivity index (χ3n) is 6.30. The molecular weight excluding hydrogens is 442 g/mol. The summed E-state index contributed by atoms with van der Waals surface area (Å²) >= 11 is 0. The van der Waals surface area contributed by atoms with Gasteiger partial charge >= 0.3 is 5.69 Å². The second-order valence-corrected chi connectivity index (χ2v) is 9.38. The third-order valence-corrected chi connectivity index (χ3v) is 6.30. The maximum atomic E-state index is 13.4.